The van der Waals surface area contributed by atoms with Gasteiger partial charge >= 0.3 is 0 Å². The fraction of sp³-hybridized carbons (Fsp3) is 0.625. The average Bonchev–Trinajstić information content (AvgIpc) is 2.69. The molecule has 0 fully saturated rings. The van der Waals surface area contributed by atoms with E-state index in [1.165, 1.54) is 11.5 Å². The van der Waals surface area contributed by atoms with Gasteiger partial charge in [-0.05, 0) is 24.5 Å². The van der Waals surface area contributed by atoms with E-state index in [1.54, 1.807) is 18.1 Å². The molecule has 0 aliphatic carbocycles. The van der Waals surface area contributed by atoms with Crippen LogP contribution in [0.15, 0.2) is 10.7 Å². The van der Waals surface area contributed by atoms with E-state index < -0.39 is 0 Å². The standard InChI is InChI=1S/C8H12N4S2/c1-2-10-7(5-9)3-4-13-8-11-6-12-14-8/h6-7,10H,2-4H2,1H3. The van der Waals surface area contributed by atoms with E-state index in [0.717, 1.165) is 23.1 Å². The van der Waals surface area contributed by atoms with E-state index in [2.05, 4.69) is 20.7 Å². The second-order valence-corrected chi connectivity index (χ2v) is 4.71. The summed E-state index contributed by atoms with van der Waals surface area (Å²) >= 11 is 3.04. The molecule has 76 valence electrons. The van der Waals surface area contributed by atoms with Gasteiger partial charge in [-0.1, -0.05) is 18.7 Å². The Balaban J connectivity index is 2.17. The van der Waals surface area contributed by atoms with Crippen LogP contribution in [0.4, 0.5) is 0 Å². The molecule has 0 saturated carbocycles. The van der Waals surface area contributed by atoms with Crippen LogP contribution in [0.3, 0.4) is 0 Å². The summed E-state index contributed by atoms with van der Waals surface area (Å²) in [6.45, 7) is 2.84. The minimum Gasteiger partial charge on any atom is -0.302 e. The molecule has 1 aromatic heterocycles. The van der Waals surface area contributed by atoms with E-state index in [0.29, 0.717) is 0 Å². The van der Waals surface area contributed by atoms with E-state index in [9.17, 15) is 0 Å². The van der Waals surface area contributed by atoms with Crippen molar-refractivity contribution in [3.05, 3.63) is 6.33 Å². The maximum absolute atomic E-state index is 8.77. The molecule has 0 aromatic carbocycles. The quantitative estimate of drug-likeness (QED) is 0.748. The van der Waals surface area contributed by atoms with Crippen molar-refractivity contribution in [3.63, 3.8) is 0 Å². The van der Waals surface area contributed by atoms with Crippen molar-refractivity contribution in [1.29, 1.82) is 5.26 Å². The molecule has 1 heterocycles. The summed E-state index contributed by atoms with van der Waals surface area (Å²) in [6.07, 6.45) is 2.40. The Morgan fingerprint density at radius 3 is 3.21 bits per heavy atom. The van der Waals surface area contributed by atoms with Crippen molar-refractivity contribution in [2.45, 2.75) is 23.7 Å². The molecule has 0 aliphatic heterocycles. The van der Waals surface area contributed by atoms with Gasteiger partial charge in [-0.3, -0.25) is 0 Å². The molecule has 6 heteroatoms. The molecule has 0 saturated heterocycles. The normalized spacial score (nSPS) is 12.3. The van der Waals surface area contributed by atoms with Crippen LogP contribution < -0.4 is 5.32 Å². The Bertz CT molecular complexity index is 280. The summed E-state index contributed by atoms with van der Waals surface area (Å²) in [7, 11) is 0. The first-order chi connectivity index (χ1) is 6.86. The highest BCUT2D eigenvalue weighted by Crippen LogP contribution is 2.19. The molecule has 14 heavy (non-hydrogen) atoms. The van der Waals surface area contributed by atoms with Crippen LogP contribution in [0.2, 0.25) is 0 Å². The Morgan fingerprint density at radius 2 is 2.64 bits per heavy atom. The summed E-state index contributed by atoms with van der Waals surface area (Å²) in [5.74, 6) is 0.903. The molecular weight excluding hydrogens is 216 g/mol. The zero-order chi connectivity index (χ0) is 10.2. The number of hydrogen-bond donors (Lipinski definition) is 1. The molecule has 1 aromatic rings. The van der Waals surface area contributed by atoms with Crippen LogP contribution in [0, 0.1) is 11.3 Å². The zero-order valence-electron chi connectivity index (χ0n) is 7.93. The Labute approximate surface area is 91.9 Å². The van der Waals surface area contributed by atoms with Gasteiger partial charge in [0, 0.05) is 5.75 Å². The number of hydrogen-bond acceptors (Lipinski definition) is 6. The minimum atomic E-state index is -0.0413. The average molecular weight is 228 g/mol. The summed E-state index contributed by atoms with van der Waals surface area (Å²) in [5, 5.41) is 11.9. The van der Waals surface area contributed by atoms with Crippen LogP contribution in [0.1, 0.15) is 13.3 Å². The topological polar surface area (TPSA) is 61.6 Å². The van der Waals surface area contributed by atoms with Gasteiger partial charge in [0.15, 0.2) is 4.34 Å². The number of rotatable bonds is 6. The maximum Gasteiger partial charge on any atom is 0.169 e. The lowest BCUT2D eigenvalue weighted by atomic mass is 10.2. The second-order valence-electron chi connectivity index (χ2n) is 2.58. The molecule has 0 bridgehead atoms. The third kappa shape index (κ3) is 4.05. The van der Waals surface area contributed by atoms with Gasteiger partial charge in [0.25, 0.3) is 0 Å². The molecule has 4 nitrogen and oxygen atoms in total. The van der Waals surface area contributed by atoms with E-state index in [-0.39, 0.29) is 6.04 Å². The van der Waals surface area contributed by atoms with Gasteiger partial charge in [0.1, 0.15) is 6.33 Å². The van der Waals surface area contributed by atoms with Crippen LogP contribution in [-0.4, -0.2) is 27.7 Å². The molecule has 1 rings (SSSR count). The summed E-state index contributed by atoms with van der Waals surface area (Å²) < 4.78 is 4.88. The van der Waals surface area contributed by atoms with Crippen molar-refractivity contribution >= 4 is 23.3 Å². The van der Waals surface area contributed by atoms with Crippen LogP contribution in [-0.2, 0) is 0 Å². The minimum absolute atomic E-state index is 0.0413. The molecule has 0 aliphatic rings. The number of thioether (sulfide) groups is 1. The smallest absolute Gasteiger partial charge is 0.169 e. The van der Waals surface area contributed by atoms with Crippen molar-refractivity contribution in [2.75, 3.05) is 12.3 Å². The highest BCUT2D eigenvalue weighted by atomic mass is 32.2. The van der Waals surface area contributed by atoms with Gasteiger partial charge in [-0.25, -0.2) is 4.98 Å². The van der Waals surface area contributed by atoms with Crippen molar-refractivity contribution in [2.24, 2.45) is 0 Å². The predicted octanol–water partition coefficient (Wildman–Crippen LogP) is 1.52. The number of nitrogens with zero attached hydrogens (tertiary/aromatic N) is 3. The van der Waals surface area contributed by atoms with Crippen molar-refractivity contribution < 1.29 is 0 Å². The molecular formula is C8H12N4S2. The third-order valence-corrected chi connectivity index (χ3v) is 3.41. The van der Waals surface area contributed by atoms with Crippen molar-refractivity contribution in [3.8, 4) is 6.07 Å². The fourth-order valence-corrected chi connectivity index (χ4v) is 2.47. The highest BCUT2D eigenvalue weighted by Gasteiger charge is 2.05. The molecule has 1 N–H and O–H groups in total. The lowest BCUT2D eigenvalue weighted by Gasteiger charge is -2.07. The summed E-state index contributed by atoms with van der Waals surface area (Å²) in [6, 6.07) is 2.18. The molecule has 1 atom stereocenters. The SMILES string of the molecule is CCNC(C#N)CCSc1ncns1. The number of nitriles is 1. The fourth-order valence-electron chi connectivity index (χ4n) is 0.949. The largest absolute Gasteiger partial charge is 0.302 e. The first kappa shape index (κ1) is 11.4. The lowest BCUT2D eigenvalue weighted by molar-refractivity contribution is 0.613. The third-order valence-electron chi connectivity index (χ3n) is 1.58. The van der Waals surface area contributed by atoms with E-state index in [4.69, 9.17) is 5.26 Å². The van der Waals surface area contributed by atoms with E-state index >= 15 is 0 Å². The molecule has 0 radical (unpaired) electrons. The first-order valence-corrected chi connectivity index (χ1v) is 6.15. The Kier molecular flexibility index (Phi) is 5.52. The monoisotopic (exact) mass is 228 g/mol. The van der Waals surface area contributed by atoms with E-state index in [1.807, 2.05) is 6.92 Å². The van der Waals surface area contributed by atoms with Crippen molar-refractivity contribution in [1.82, 2.24) is 14.7 Å². The van der Waals surface area contributed by atoms with Gasteiger partial charge in [-0.15, -0.1) is 0 Å². The van der Waals surface area contributed by atoms with Crippen LogP contribution >= 0.6 is 23.3 Å². The van der Waals surface area contributed by atoms with Gasteiger partial charge in [-0.2, -0.15) is 9.64 Å². The Morgan fingerprint density at radius 1 is 1.79 bits per heavy atom. The number of nitrogens with one attached hydrogen (secondary N) is 1. The summed E-state index contributed by atoms with van der Waals surface area (Å²) in [4.78, 5) is 4.05. The van der Waals surface area contributed by atoms with Gasteiger partial charge in [0.05, 0.1) is 12.1 Å². The van der Waals surface area contributed by atoms with Crippen LogP contribution in [0.5, 0.6) is 0 Å². The molecule has 0 spiro atoms. The lowest BCUT2D eigenvalue weighted by Crippen LogP contribution is -2.27. The first-order valence-electron chi connectivity index (χ1n) is 4.39. The summed E-state index contributed by atoms with van der Waals surface area (Å²) in [5.41, 5.74) is 0. The van der Waals surface area contributed by atoms with Gasteiger partial charge < -0.3 is 5.32 Å². The Hall–Kier alpha value is -0.640. The zero-order valence-corrected chi connectivity index (χ0v) is 9.57. The van der Waals surface area contributed by atoms with Crippen LogP contribution in [0.25, 0.3) is 0 Å². The number of aromatic nitrogens is 2. The molecule has 0 amide bonds. The van der Waals surface area contributed by atoms with Gasteiger partial charge in [0.2, 0.25) is 0 Å². The predicted molar refractivity (Wildman–Crippen MR) is 58.3 cm³/mol. The maximum atomic E-state index is 8.77. The highest BCUT2D eigenvalue weighted by molar-refractivity contribution is 8.00. The second kappa shape index (κ2) is 6.76. The molecule has 1 unspecified atom stereocenters.